The van der Waals surface area contributed by atoms with Crippen molar-refractivity contribution in [2.45, 2.75) is 26.2 Å². The van der Waals surface area contributed by atoms with Crippen LogP contribution in [0.15, 0.2) is 84.9 Å². The minimum absolute atomic E-state index is 0. The van der Waals surface area contributed by atoms with Gasteiger partial charge >= 0.3 is 0 Å². The summed E-state index contributed by atoms with van der Waals surface area (Å²) in [5.41, 5.74) is 9.37. The number of carbonyl (C=O) groups is 2. The molecule has 0 saturated heterocycles. The van der Waals surface area contributed by atoms with E-state index in [-0.39, 0.29) is 49.0 Å². The van der Waals surface area contributed by atoms with E-state index < -0.39 is 0 Å². The summed E-state index contributed by atoms with van der Waals surface area (Å²) in [5, 5.41) is 16.1. The lowest BCUT2D eigenvalue weighted by Crippen LogP contribution is -2.41. The second-order valence-electron chi connectivity index (χ2n) is 11.6. The lowest BCUT2D eigenvalue weighted by atomic mass is 9.99. The second-order valence-corrected chi connectivity index (χ2v) is 11.6. The normalized spacial score (nSPS) is 12.5. The maximum Gasteiger partial charge on any atom is 0.268 e. The summed E-state index contributed by atoms with van der Waals surface area (Å²) < 4.78 is 0. The molecule has 7 N–H and O–H groups in total. The van der Waals surface area contributed by atoms with Crippen LogP contribution in [0.1, 0.15) is 34.8 Å². The molecule has 0 saturated carbocycles. The number of rotatable bonds is 8. The quantitative estimate of drug-likeness (QED) is 0.0874. The van der Waals surface area contributed by atoms with Crippen LogP contribution in [0.5, 0.6) is 0 Å². The second kappa shape index (κ2) is 13.5. The van der Waals surface area contributed by atoms with E-state index in [0.717, 1.165) is 65.9 Å². The van der Waals surface area contributed by atoms with Gasteiger partial charge in [0, 0.05) is 43.6 Å². The molecule has 0 radical (unpaired) electrons. The largest absolute Gasteiger partial charge is 0.355 e. The Kier molecular flexibility index (Phi) is 9.65. The highest BCUT2D eigenvalue weighted by atomic mass is 35.5. The third kappa shape index (κ3) is 6.43. The zero-order valence-electron chi connectivity index (χ0n) is 26.4. The number of H-pyrrole nitrogens is 3. The van der Waals surface area contributed by atoms with Gasteiger partial charge in [-0.25, -0.2) is 0 Å². The van der Waals surface area contributed by atoms with Crippen LogP contribution < -0.4 is 21.3 Å². The monoisotopic (exact) mass is 669 g/mol. The summed E-state index contributed by atoms with van der Waals surface area (Å²) in [6.45, 7) is 3.79. The Labute approximate surface area is 284 Å². The molecular weight excluding hydrogens is 633 g/mol. The maximum absolute atomic E-state index is 12.6. The first kappa shape index (κ1) is 33.6. The highest BCUT2D eigenvalue weighted by Gasteiger charge is 2.15. The van der Waals surface area contributed by atoms with Crippen LogP contribution in [0.25, 0.3) is 65.9 Å². The third-order valence-corrected chi connectivity index (χ3v) is 8.56. The number of benzene rings is 4. The molecule has 11 heteroatoms. The van der Waals surface area contributed by atoms with E-state index in [4.69, 9.17) is 0 Å². The average Bonchev–Trinajstić information content (AvgIpc) is 3.78. The lowest BCUT2D eigenvalue weighted by molar-refractivity contribution is 0.0922. The van der Waals surface area contributed by atoms with Gasteiger partial charge in [-0.15, -0.1) is 24.8 Å². The minimum Gasteiger partial charge on any atom is -0.355 e. The minimum atomic E-state index is -0.147. The third-order valence-electron chi connectivity index (χ3n) is 8.56. The van der Waals surface area contributed by atoms with Gasteiger partial charge in [-0.05, 0) is 111 Å². The van der Waals surface area contributed by atoms with Gasteiger partial charge in [-0.2, -0.15) is 0 Å². The van der Waals surface area contributed by atoms with Crippen LogP contribution in [0, 0.1) is 0 Å². The summed E-state index contributed by atoms with van der Waals surface area (Å²) in [5.74, 6) is -0.294. The van der Waals surface area contributed by atoms with Crippen LogP contribution in [0.4, 0.5) is 0 Å². The van der Waals surface area contributed by atoms with E-state index in [9.17, 15) is 9.59 Å². The number of carbonyl (C=O) groups excluding carboxylic acids is 2. The van der Waals surface area contributed by atoms with Crippen molar-refractivity contribution in [2.24, 2.45) is 0 Å². The standard InChI is InChI=1S/C36H35N7O2.2ClH/c1-19(37-3)39-35(44)33-17-25-13-21(5-9-29(25)41-33)23-7-11-31-27(15-23)28-16-24(8-12-32(28)43-31)22-6-10-30-26(14-22)18-34(42-30)36(45)40-20(2)38-4;;/h5-20,37-38,41-43H,1-4H3,(H,39,44)(H,40,45);2*1H. The van der Waals surface area contributed by atoms with Crippen molar-refractivity contribution < 1.29 is 9.59 Å². The fourth-order valence-corrected chi connectivity index (χ4v) is 5.82. The molecule has 0 fully saturated rings. The fourth-order valence-electron chi connectivity index (χ4n) is 5.82. The van der Waals surface area contributed by atoms with Crippen molar-refractivity contribution in [1.82, 2.24) is 36.2 Å². The smallest absolute Gasteiger partial charge is 0.268 e. The summed E-state index contributed by atoms with van der Waals surface area (Å²) in [6, 6.07) is 29.2. The molecule has 0 bridgehead atoms. The number of hydrogen-bond donors (Lipinski definition) is 7. The first-order valence-electron chi connectivity index (χ1n) is 15.1. The number of fused-ring (bicyclic) bond motifs is 5. The Morgan fingerprint density at radius 3 is 1.26 bits per heavy atom. The van der Waals surface area contributed by atoms with Gasteiger partial charge in [0.15, 0.2) is 0 Å². The summed E-state index contributed by atoms with van der Waals surface area (Å²) in [6.07, 6.45) is -0.254. The van der Waals surface area contributed by atoms with Crippen molar-refractivity contribution in [3.8, 4) is 22.3 Å². The predicted octanol–water partition coefficient (Wildman–Crippen LogP) is 7.05. The van der Waals surface area contributed by atoms with Gasteiger partial charge in [0.2, 0.25) is 0 Å². The Bertz CT molecular complexity index is 2090. The Hall–Kier alpha value is -4.80. The van der Waals surface area contributed by atoms with Gasteiger partial charge in [0.05, 0.1) is 12.3 Å². The molecule has 9 nitrogen and oxygen atoms in total. The van der Waals surface area contributed by atoms with E-state index in [2.05, 4.69) is 96.9 Å². The molecule has 2 amide bonds. The molecule has 0 aliphatic rings. The molecule has 242 valence electrons. The molecule has 2 unspecified atom stereocenters. The molecule has 7 aromatic rings. The summed E-state index contributed by atoms with van der Waals surface area (Å²) in [7, 11) is 3.61. The highest BCUT2D eigenvalue weighted by Crippen LogP contribution is 2.34. The predicted molar refractivity (Wildman–Crippen MR) is 197 cm³/mol. The molecule has 3 heterocycles. The van der Waals surface area contributed by atoms with E-state index in [1.54, 1.807) is 14.1 Å². The molecule has 0 aliphatic heterocycles. The fraction of sp³-hybridized carbons (Fsp3) is 0.167. The number of halogens is 2. The van der Waals surface area contributed by atoms with Crippen molar-refractivity contribution in [3.05, 3.63) is 96.3 Å². The lowest BCUT2D eigenvalue weighted by Gasteiger charge is -2.11. The van der Waals surface area contributed by atoms with Crippen LogP contribution >= 0.6 is 24.8 Å². The molecule has 0 spiro atoms. The van der Waals surface area contributed by atoms with Crippen molar-refractivity contribution >= 4 is 80.2 Å². The summed E-state index contributed by atoms with van der Waals surface area (Å²) in [4.78, 5) is 35.3. The Morgan fingerprint density at radius 1 is 0.511 bits per heavy atom. The molecule has 0 aliphatic carbocycles. The van der Waals surface area contributed by atoms with Crippen LogP contribution in [0.2, 0.25) is 0 Å². The summed E-state index contributed by atoms with van der Waals surface area (Å²) >= 11 is 0. The number of nitrogens with one attached hydrogen (secondary N) is 7. The van der Waals surface area contributed by atoms with Gasteiger partial charge in [-0.1, -0.05) is 24.3 Å². The highest BCUT2D eigenvalue weighted by molar-refractivity contribution is 6.10. The molecule has 2 atom stereocenters. The molecule has 4 aromatic carbocycles. The van der Waals surface area contributed by atoms with Crippen LogP contribution in [-0.4, -0.2) is 53.2 Å². The molecular formula is C36H37Cl2N7O2. The Balaban J connectivity index is 0.00000217. The zero-order chi connectivity index (χ0) is 31.2. The van der Waals surface area contributed by atoms with E-state index >= 15 is 0 Å². The van der Waals surface area contributed by atoms with Gasteiger partial charge in [0.1, 0.15) is 11.4 Å². The number of aromatic amines is 3. The Morgan fingerprint density at radius 2 is 0.872 bits per heavy atom. The van der Waals surface area contributed by atoms with Gasteiger partial charge < -0.3 is 36.2 Å². The maximum atomic E-state index is 12.6. The first-order valence-corrected chi connectivity index (χ1v) is 15.1. The van der Waals surface area contributed by atoms with Crippen molar-refractivity contribution in [3.63, 3.8) is 0 Å². The number of hydrogen-bond acceptors (Lipinski definition) is 4. The van der Waals surface area contributed by atoms with Crippen LogP contribution in [0.3, 0.4) is 0 Å². The van der Waals surface area contributed by atoms with E-state index in [1.807, 2.05) is 38.1 Å². The molecule has 47 heavy (non-hydrogen) atoms. The zero-order valence-corrected chi connectivity index (χ0v) is 28.0. The van der Waals surface area contributed by atoms with Gasteiger partial charge in [-0.3, -0.25) is 9.59 Å². The number of aromatic nitrogens is 3. The number of amides is 2. The van der Waals surface area contributed by atoms with Crippen molar-refractivity contribution in [1.29, 1.82) is 0 Å². The topological polar surface area (TPSA) is 130 Å². The van der Waals surface area contributed by atoms with E-state index in [0.29, 0.717) is 11.4 Å². The van der Waals surface area contributed by atoms with Gasteiger partial charge in [0.25, 0.3) is 11.8 Å². The molecule has 3 aromatic heterocycles. The SMILES string of the molecule is CNC(C)NC(=O)c1cc2cc(-c3ccc4[nH]c5ccc(-c6ccc7[nH]c(C(=O)NC(C)NC)cc7c6)cc5c4c3)ccc2[nH]1.Cl.Cl. The van der Waals surface area contributed by atoms with E-state index in [1.165, 1.54) is 0 Å². The molecule has 7 rings (SSSR count). The average molecular weight is 671 g/mol. The van der Waals surface area contributed by atoms with Crippen molar-refractivity contribution in [2.75, 3.05) is 14.1 Å². The van der Waals surface area contributed by atoms with Crippen LogP contribution in [-0.2, 0) is 0 Å². The first-order chi connectivity index (χ1) is 21.8.